The third-order valence-corrected chi connectivity index (χ3v) is 2.60. The quantitative estimate of drug-likeness (QED) is 0.537. The molecule has 0 saturated carbocycles. The number of aliphatic carboxylic acids is 1. The Balaban J connectivity index is 1.98. The number of rotatable bonds is 7. The molecular formula is C11H20N2O4. The maximum Gasteiger partial charge on any atom is 0.303 e. The number of carboxylic acid groups (broad SMARTS) is 1. The third-order valence-electron chi connectivity index (χ3n) is 2.60. The molecule has 6 nitrogen and oxygen atoms in total. The topological polar surface area (TPSA) is 87.7 Å². The summed E-state index contributed by atoms with van der Waals surface area (Å²) < 4.78 is 5.19. The van der Waals surface area contributed by atoms with E-state index in [0.29, 0.717) is 32.7 Å². The monoisotopic (exact) mass is 244 g/mol. The van der Waals surface area contributed by atoms with Crippen molar-refractivity contribution >= 4 is 11.9 Å². The fourth-order valence-corrected chi connectivity index (χ4v) is 1.65. The first-order chi connectivity index (χ1) is 8.20. The summed E-state index contributed by atoms with van der Waals surface area (Å²) in [6, 6.07) is -0.247. The summed E-state index contributed by atoms with van der Waals surface area (Å²) in [5.41, 5.74) is 0. The Kier molecular flexibility index (Phi) is 6.57. The average Bonchev–Trinajstić information content (AvgIpc) is 2.34. The van der Waals surface area contributed by atoms with E-state index in [0.717, 1.165) is 12.8 Å². The number of carboxylic acids is 1. The van der Waals surface area contributed by atoms with Crippen molar-refractivity contribution in [1.29, 1.82) is 0 Å². The summed E-state index contributed by atoms with van der Waals surface area (Å²) in [6.45, 7) is 2.37. The molecule has 1 unspecified atom stereocenters. The van der Waals surface area contributed by atoms with Gasteiger partial charge in [0.2, 0.25) is 5.91 Å². The molecule has 1 amide bonds. The molecule has 0 spiro atoms. The van der Waals surface area contributed by atoms with Crippen molar-refractivity contribution in [1.82, 2.24) is 10.6 Å². The van der Waals surface area contributed by atoms with Crippen molar-refractivity contribution in [3.05, 3.63) is 0 Å². The molecule has 6 heteroatoms. The fourth-order valence-electron chi connectivity index (χ4n) is 1.65. The van der Waals surface area contributed by atoms with Crippen LogP contribution in [0.2, 0.25) is 0 Å². The molecule has 1 aliphatic heterocycles. The van der Waals surface area contributed by atoms with Crippen LogP contribution in [-0.2, 0) is 14.3 Å². The van der Waals surface area contributed by atoms with Gasteiger partial charge in [0.25, 0.3) is 0 Å². The first-order valence-electron chi connectivity index (χ1n) is 6.01. The van der Waals surface area contributed by atoms with Gasteiger partial charge in [-0.1, -0.05) is 6.42 Å². The lowest BCUT2D eigenvalue weighted by atomic mass is 10.2. The van der Waals surface area contributed by atoms with Gasteiger partial charge < -0.3 is 20.5 Å². The first kappa shape index (κ1) is 13.9. The number of carbonyl (C=O) groups excluding carboxylic acids is 1. The van der Waals surface area contributed by atoms with Gasteiger partial charge in [0.05, 0.1) is 13.2 Å². The van der Waals surface area contributed by atoms with E-state index >= 15 is 0 Å². The number of amides is 1. The minimum absolute atomic E-state index is 0.0389. The van der Waals surface area contributed by atoms with Gasteiger partial charge in [-0.05, 0) is 12.8 Å². The molecule has 17 heavy (non-hydrogen) atoms. The van der Waals surface area contributed by atoms with Crippen LogP contribution in [0.3, 0.4) is 0 Å². The summed E-state index contributed by atoms with van der Waals surface area (Å²) >= 11 is 0. The van der Waals surface area contributed by atoms with E-state index < -0.39 is 5.97 Å². The van der Waals surface area contributed by atoms with Gasteiger partial charge in [-0.3, -0.25) is 9.59 Å². The van der Waals surface area contributed by atoms with Crippen molar-refractivity contribution in [3.8, 4) is 0 Å². The molecule has 0 aromatic carbocycles. The largest absolute Gasteiger partial charge is 0.481 e. The smallest absolute Gasteiger partial charge is 0.303 e. The van der Waals surface area contributed by atoms with E-state index in [1.807, 2.05) is 0 Å². The van der Waals surface area contributed by atoms with Crippen molar-refractivity contribution in [2.24, 2.45) is 0 Å². The van der Waals surface area contributed by atoms with Gasteiger partial charge in [0.1, 0.15) is 6.04 Å². The first-order valence-corrected chi connectivity index (χ1v) is 6.01. The Morgan fingerprint density at radius 2 is 2.18 bits per heavy atom. The highest BCUT2D eigenvalue weighted by molar-refractivity contribution is 5.81. The highest BCUT2D eigenvalue weighted by Gasteiger charge is 2.20. The van der Waals surface area contributed by atoms with Crippen LogP contribution < -0.4 is 10.6 Å². The lowest BCUT2D eigenvalue weighted by Gasteiger charge is -2.22. The predicted octanol–water partition coefficient (Wildman–Crippen LogP) is -0.264. The lowest BCUT2D eigenvalue weighted by Crippen LogP contribution is -2.51. The number of ether oxygens (including phenoxy) is 1. The fraction of sp³-hybridized carbons (Fsp3) is 0.818. The molecule has 98 valence electrons. The van der Waals surface area contributed by atoms with E-state index in [9.17, 15) is 9.59 Å². The zero-order valence-electron chi connectivity index (χ0n) is 9.91. The van der Waals surface area contributed by atoms with Crippen LogP contribution in [0.4, 0.5) is 0 Å². The molecule has 1 heterocycles. The SMILES string of the molecule is O=C(O)CCCCCNC(=O)C1COCCN1. The number of hydrogen-bond donors (Lipinski definition) is 3. The van der Waals surface area contributed by atoms with Crippen LogP contribution in [0.1, 0.15) is 25.7 Å². The van der Waals surface area contributed by atoms with Crippen LogP contribution in [0.5, 0.6) is 0 Å². The normalized spacial score (nSPS) is 19.9. The molecule has 1 atom stereocenters. The minimum Gasteiger partial charge on any atom is -0.481 e. The number of morpholine rings is 1. The van der Waals surface area contributed by atoms with Crippen LogP contribution in [0.15, 0.2) is 0 Å². The van der Waals surface area contributed by atoms with Crippen molar-refractivity contribution in [2.45, 2.75) is 31.7 Å². The Bertz CT molecular complexity index is 252. The Morgan fingerprint density at radius 1 is 1.35 bits per heavy atom. The molecule has 1 rings (SSSR count). The Morgan fingerprint density at radius 3 is 2.82 bits per heavy atom. The van der Waals surface area contributed by atoms with Gasteiger partial charge in [0.15, 0.2) is 0 Å². The molecule has 0 radical (unpaired) electrons. The van der Waals surface area contributed by atoms with Gasteiger partial charge in [-0.25, -0.2) is 0 Å². The van der Waals surface area contributed by atoms with Crippen LogP contribution >= 0.6 is 0 Å². The number of nitrogens with one attached hydrogen (secondary N) is 2. The molecule has 3 N–H and O–H groups in total. The van der Waals surface area contributed by atoms with E-state index in [-0.39, 0.29) is 18.4 Å². The van der Waals surface area contributed by atoms with Crippen molar-refractivity contribution in [2.75, 3.05) is 26.3 Å². The molecule has 0 bridgehead atoms. The molecule has 1 fully saturated rings. The molecular weight excluding hydrogens is 224 g/mol. The second kappa shape index (κ2) is 8.03. The molecule has 1 aliphatic rings. The molecule has 0 aliphatic carbocycles. The zero-order valence-corrected chi connectivity index (χ0v) is 9.91. The van der Waals surface area contributed by atoms with Gasteiger partial charge in [-0.2, -0.15) is 0 Å². The number of carbonyl (C=O) groups is 2. The highest BCUT2D eigenvalue weighted by Crippen LogP contribution is 1.99. The lowest BCUT2D eigenvalue weighted by molar-refractivity contribution is -0.137. The molecule has 1 saturated heterocycles. The van der Waals surface area contributed by atoms with Gasteiger partial charge in [-0.15, -0.1) is 0 Å². The van der Waals surface area contributed by atoms with E-state index in [1.54, 1.807) is 0 Å². The van der Waals surface area contributed by atoms with Crippen LogP contribution in [0, 0.1) is 0 Å². The van der Waals surface area contributed by atoms with Crippen molar-refractivity contribution < 1.29 is 19.4 Å². The standard InChI is InChI=1S/C11H20N2O4/c14-10(15)4-2-1-3-5-13-11(16)9-8-17-7-6-12-9/h9,12H,1-8H2,(H,13,16)(H,14,15). The Hall–Kier alpha value is -1.14. The van der Waals surface area contributed by atoms with E-state index in [2.05, 4.69) is 10.6 Å². The van der Waals surface area contributed by atoms with E-state index in [4.69, 9.17) is 9.84 Å². The number of unbranched alkanes of at least 4 members (excludes halogenated alkanes) is 2. The maximum absolute atomic E-state index is 11.6. The highest BCUT2D eigenvalue weighted by atomic mass is 16.5. The van der Waals surface area contributed by atoms with Crippen LogP contribution in [-0.4, -0.2) is 49.3 Å². The minimum atomic E-state index is -0.766. The third kappa shape index (κ3) is 6.23. The summed E-state index contributed by atoms with van der Waals surface area (Å²) in [5, 5.41) is 14.3. The summed E-state index contributed by atoms with van der Waals surface area (Å²) in [4.78, 5) is 21.8. The predicted molar refractivity (Wildman–Crippen MR) is 61.7 cm³/mol. The summed E-state index contributed by atoms with van der Waals surface area (Å²) in [5.74, 6) is -0.805. The van der Waals surface area contributed by atoms with Gasteiger partial charge >= 0.3 is 5.97 Å². The molecule has 0 aromatic heterocycles. The Labute approximate surface area is 101 Å². The number of hydrogen-bond acceptors (Lipinski definition) is 4. The second-order valence-electron chi connectivity index (χ2n) is 4.08. The summed E-state index contributed by atoms with van der Waals surface area (Å²) in [6.07, 6.45) is 2.50. The summed E-state index contributed by atoms with van der Waals surface area (Å²) in [7, 11) is 0. The van der Waals surface area contributed by atoms with Gasteiger partial charge in [0, 0.05) is 19.5 Å². The van der Waals surface area contributed by atoms with E-state index in [1.165, 1.54) is 0 Å². The average molecular weight is 244 g/mol. The van der Waals surface area contributed by atoms with Crippen molar-refractivity contribution in [3.63, 3.8) is 0 Å². The van der Waals surface area contributed by atoms with Crippen LogP contribution in [0.25, 0.3) is 0 Å². The maximum atomic E-state index is 11.6. The second-order valence-corrected chi connectivity index (χ2v) is 4.08. The molecule has 0 aromatic rings. The zero-order chi connectivity index (χ0) is 12.5.